The van der Waals surface area contributed by atoms with Crippen LogP contribution in [0.3, 0.4) is 0 Å². The third kappa shape index (κ3) is 4.68. The maximum Gasteiger partial charge on any atom is 0.354 e. The van der Waals surface area contributed by atoms with Crippen LogP contribution in [0.25, 0.3) is 27.7 Å². The number of halogens is 1. The van der Waals surface area contributed by atoms with Gasteiger partial charge in [-0.25, -0.2) is 19.2 Å². The number of benzene rings is 2. The number of hydrogen-bond acceptors (Lipinski definition) is 8. The van der Waals surface area contributed by atoms with Crippen molar-refractivity contribution in [3.05, 3.63) is 77.0 Å². The highest BCUT2D eigenvalue weighted by Gasteiger charge is 2.36. The van der Waals surface area contributed by atoms with Crippen molar-refractivity contribution in [2.45, 2.75) is 45.6 Å². The number of nitrogens with two attached hydrogens (primary N) is 1. The first-order valence-electron chi connectivity index (χ1n) is 14.4. The van der Waals surface area contributed by atoms with Crippen LogP contribution in [0.5, 0.6) is 5.75 Å². The largest absolute Gasteiger partial charge is 0.490 e. The zero-order valence-electron chi connectivity index (χ0n) is 24.7. The summed E-state index contributed by atoms with van der Waals surface area (Å²) in [6, 6.07) is 7.78. The second kappa shape index (κ2) is 10.8. The van der Waals surface area contributed by atoms with Crippen molar-refractivity contribution in [1.82, 2.24) is 24.4 Å². The van der Waals surface area contributed by atoms with Gasteiger partial charge >= 0.3 is 5.69 Å². The van der Waals surface area contributed by atoms with Gasteiger partial charge in [0.15, 0.2) is 0 Å². The van der Waals surface area contributed by atoms with Crippen molar-refractivity contribution < 1.29 is 13.9 Å². The highest BCUT2D eigenvalue weighted by Crippen LogP contribution is 2.43. The molecule has 222 valence electrons. The summed E-state index contributed by atoms with van der Waals surface area (Å²) in [4.78, 5) is 44.3. The van der Waals surface area contributed by atoms with E-state index in [9.17, 15) is 9.59 Å². The van der Waals surface area contributed by atoms with Crippen molar-refractivity contribution in [2.24, 2.45) is 0 Å². The molecule has 10 nitrogen and oxygen atoms in total. The van der Waals surface area contributed by atoms with Gasteiger partial charge in [0.2, 0.25) is 5.91 Å². The van der Waals surface area contributed by atoms with Gasteiger partial charge in [-0.1, -0.05) is 40.3 Å². The number of nitrogen functional groups attached to an aromatic ring is 1. The highest BCUT2D eigenvalue weighted by molar-refractivity contribution is 6.00. The number of carbonyl (C=O) groups is 1. The topological polar surface area (TPSA) is 119 Å². The van der Waals surface area contributed by atoms with E-state index in [2.05, 4.69) is 21.5 Å². The maximum atomic E-state index is 15.3. The van der Waals surface area contributed by atoms with E-state index >= 15 is 4.39 Å². The Bertz CT molecular complexity index is 1790. The Balaban J connectivity index is 1.70. The monoisotopic (exact) mass is 583 g/mol. The number of fused-ring (bicyclic) bond motifs is 2. The van der Waals surface area contributed by atoms with Gasteiger partial charge in [-0.2, -0.15) is 4.98 Å². The van der Waals surface area contributed by atoms with Gasteiger partial charge in [-0.05, 0) is 47.7 Å². The van der Waals surface area contributed by atoms with Crippen molar-refractivity contribution in [3.8, 4) is 22.6 Å². The molecule has 4 heterocycles. The van der Waals surface area contributed by atoms with Gasteiger partial charge in [-0.15, -0.1) is 0 Å². The fourth-order valence-electron chi connectivity index (χ4n) is 6.10. The molecule has 2 aromatic carbocycles. The van der Waals surface area contributed by atoms with Crippen molar-refractivity contribution in [2.75, 3.05) is 36.9 Å². The van der Waals surface area contributed by atoms with Crippen LogP contribution in [-0.4, -0.2) is 62.6 Å². The van der Waals surface area contributed by atoms with Gasteiger partial charge in [0.05, 0.1) is 34.0 Å². The predicted octanol–water partition coefficient (Wildman–Crippen LogP) is 4.41. The number of amides is 1. The Labute approximate surface area is 248 Å². The molecule has 0 saturated carbocycles. The average Bonchev–Trinajstić information content (AvgIpc) is 3.13. The molecule has 1 saturated heterocycles. The Kier molecular flexibility index (Phi) is 7.11. The second-order valence-corrected chi connectivity index (χ2v) is 11.6. The maximum absolute atomic E-state index is 15.3. The lowest BCUT2D eigenvalue weighted by Gasteiger charge is -2.40. The molecule has 0 unspecified atom stereocenters. The summed E-state index contributed by atoms with van der Waals surface area (Å²) in [5, 5.41) is 0.609. The fourth-order valence-corrected chi connectivity index (χ4v) is 6.10. The summed E-state index contributed by atoms with van der Waals surface area (Å²) in [6.45, 7) is 13.1. The number of piperazine rings is 1. The van der Waals surface area contributed by atoms with Gasteiger partial charge in [0.1, 0.15) is 30.3 Å². The first kappa shape index (κ1) is 28.3. The van der Waals surface area contributed by atoms with Crippen molar-refractivity contribution in [3.63, 3.8) is 0 Å². The van der Waals surface area contributed by atoms with Crippen LogP contribution < -0.4 is 21.1 Å². The van der Waals surface area contributed by atoms with E-state index in [1.807, 2.05) is 32.6 Å². The molecule has 0 bridgehead atoms. The predicted molar refractivity (Wildman–Crippen MR) is 164 cm³/mol. The highest BCUT2D eigenvalue weighted by atomic mass is 19.1. The first-order valence-corrected chi connectivity index (χ1v) is 14.4. The standard InChI is InChI=1S/C32H34FN7O3/c1-6-25(41)38-10-11-39-20(14-38)15-43-24-13-19(26-21(33)8-7-9-22(26)34)12-23-27(24)31(39)37-32(42)40(23)30-28(17(2)3)35-16-36-29(30)18(4)5/h6-9,12-13,16-18,20H,1,10-11,14-15,34H2,2-5H3/t20-/m0/s1. The van der Waals surface area contributed by atoms with E-state index in [1.165, 1.54) is 23.0 Å². The lowest BCUT2D eigenvalue weighted by Crippen LogP contribution is -2.56. The normalized spacial score (nSPS) is 16.3. The van der Waals surface area contributed by atoms with Crippen LogP contribution in [0.1, 0.15) is 50.9 Å². The number of nitrogens with zero attached hydrogens (tertiary/aromatic N) is 6. The van der Waals surface area contributed by atoms with E-state index in [4.69, 9.17) is 10.5 Å². The third-order valence-corrected chi connectivity index (χ3v) is 8.14. The zero-order valence-corrected chi connectivity index (χ0v) is 24.7. The van der Waals surface area contributed by atoms with E-state index in [0.717, 1.165) is 0 Å². The smallest absolute Gasteiger partial charge is 0.354 e. The molecule has 1 fully saturated rings. The van der Waals surface area contributed by atoms with Crippen LogP contribution >= 0.6 is 0 Å². The van der Waals surface area contributed by atoms with E-state index in [-0.39, 0.29) is 41.6 Å². The van der Waals surface area contributed by atoms with Crippen LogP contribution in [0, 0.1) is 5.82 Å². The Morgan fingerprint density at radius 1 is 1.14 bits per heavy atom. The number of hydrogen-bond donors (Lipinski definition) is 1. The number of anilines is 2. The summed E-state index contributed by atoms with van der Waals surface area (Å²) in [6.07, 6.45) is 2.82. The lowest BCUT2D eigenvalue weighted by atomic mass is 9.98. The molecule has 0 radical (unpaired) electrons. The van der Waals surface area contributed by atoms with Crippen LogP contribution in [0.4, 0.5) is 15.9 Å². The van der Waals surface area contributed by atoms with Gasteiger partial charge in [-0.3, -0.25) is 9.36 Å². The molecule has 43 heavy (non-hydrogen) atoms. The Hall–Kier alpha value is -4.80. The first-order chi connectivity index (χ1) is 20.6. The second-order valence-electron chi connectivity index (χ2n) is 11.6. The van der Waals surface area contributed by atoms with E-state index in [1.54, 1.807) is 29.2 Å². The summed E-state index contributed by atoms with van der Waals surface area (Å²) in [5.41, 5.74) is 9.12. The minimum atomic E-state index is -0.518. The fraction of sp³-hybridized carbons (Fsp3) is 0.344. The van der Waals surface area contributed by atoms with Gasteiger partial charge < -0.3 is 20.3 Å². The number of carbonyl (C=O) groups excluding carboxylic acids is 1. The molecule has 2 aliphatic rings. The summed E-state index contributed by atoms with van der Waals surface area (Å²) in [7, 11) is 0. The Morgan fingerprint density at radius 3 is 2.51 bits per heavy atom. The average molecular weight is 584 g/mol. The van der Waals surface area contributed by atoms with Gasteiger partial charge in [0.25, 0.3) is 0 Å². The zero-order chi connectivity index (χ0) is 30.6. The number of rotatable bonds is 5. The molecule has 2 aliphatic heterocycles. The summed E-state index contributed by atoms with van der Waals surface area (Å²) in [5.74, 6) is 0.174. The summed E-state index contributed by atoms with van der Waals surface area (Å²) < 4.78 is 23.3. The molecule has 2 N–H and O–H groups in total. The molecule has 1 amide bonds. The quantitative estimate of drug-likeness (QED) is 0.271. The molecule has 6 rings (SSSR count). The van der Waals surface area contributed by atoms with E-state index < -0.39 is 11.5 Å². The minimum Gasteiger partial charge on any atom is -0.490 e. The molecule has 11 heteroatoms. The Morgan fingerprint density at radius 2 is 1.86 bits per heavy atom. The van der Waals surface area contributed by atoms with E-state index in [0.29, 0.717) is 64.7 Å². The van der Waals surface area contributed by atoms with Crippen molar-refractivity contribution in [1.29, 1.82) is 0 Å². The van der Waals surface area contributed by atoms with Gasteiger partial charge in [0, 0.05) is 30.9 Å². The lowest BCUT2D eigenvalue weighted by molar-refractivity contribution is -0.126. The van der Waals surface area contributed by atoms with Crippen LogP contribution in [-0.2, 0) is 4.79 Å². The summed E-state index contributed by atoms with van der Waals surface area (Å²) >= 11 is 0. The molecule has 2 aromatic heterocycles. The molecular weight excluding hydrogens is 549 g/mol. The molecule has 4 aromatic rings. The number of ether oxygens (including phenoxy) is 1. The SMILES string of the molecule is C=CC(=O)N1CCN2c3nc(=O)n(-c4c(C(C)C)ncnc4C(C)C)c4cc(-c5c(N)cccc5F)cc(c34)OC[C@@H]2C1. The molecule has 1 atom stereocenters. The van der Waals surface area contributed by atoms with Crippen LogP contribution in [0.2, 0.25) is 0 Å². The third-order valence-electron chi connectivity index (χ3n) is 8.14. The molecular formula is C32H34FN7O3. The van der Waals surface area contributed by atoms with Crippen molar-refractivity contribution >= 4 is 28.3 Å². The molecule has 0 aliphatic carbocycles. The van der Waals surface area contributed by atoms with Crippen LogP contribution in [0.15, 0.2) is 54.1 Å². The number of aromatic nitrogens is 4. The molecule has 0 spiro atoms. The minimum absolute atomic E-state index is 0.0335.